The van der Waals surface area contributed by atoms with Crippen LogP contribution in [0.3, 0.4) is 0 Å². The van der Waals surface area contributed by atoms with Crippen molar-refractivity contribution < 1.29 is 38.6 Å². The zero-order valence-electron chi connectivity index (χ0n) is 26.8. The number of nitrogens with one attached hydrogen (secondary N) is 4. The van der Waals surface area contributed by atoms with Gasteiger partial charge in [-0.25, -0.2) is 4.79 Å². The highest BCUT2D eigenvalue weighted by atomic mass is 16.5. The molecular weight excluding hydrogens is 594 g/mol. The number of ketones is 1. The monoisotopic (exact) mass is 641 g/mol. The molecule has 0 aliphatic carbocycles. The molecule has 2 aliphatic rings. The molecule has 13 heteroatoms. The van der Waals surface area contributed by atoms with Crippen LogP contribution in [0.5, 0.6) is 0 Å². The summed E-state index contributed by atoms with van der Waals surface area (Å²) in [5.41, 5.74) is 0.596. The zero-order chi connectivity index (χ0) is 33.6. The zero-order valence-corrected chi connectivity index (χ0v) is 26.8. The molecule has 3 rings (SSSR count). The molecule has 0 radical (unpaired) electrons. The number of carbonyl (C=O) groups is 6. The number of amides is 5. The van der Waals surface area contributed by atoms with Crippen molar-refractivity contribution in [1.29, 1.82) is 0 Å². The van der Waals surface area contributed by atoms with Crippen LogP contribution < -0.4 is 21.3 Å². The number of nitrogens with zero attached hydrogens (tertiary/aromatic N) is 1. The van der Waals surface area contributed by atoms with Gasteiger partial charge in [0.1, 0.15) is 18.1 Å². The third kappa shape index (κ3) is 11.0. The number of benzene rings is 1. The summed E-state index contributed by atoms with van der Waals surface area (Å²) in [6.45, 7) is 5.19. The number of aliphatic hydroxyl groups is 1. The largest absolute Gasteiger partial charge is 0.449 e. The van der Waals surface area contributed by atoms with Gasteiger partial charge in [-0.3, -0.25) is 24.0 Å². The van der Waals surface area contributed by atoms with E-state index in [1.165, 1.54) is 11.8 Å². The van der Waals surface area contributed by atoms with Crippen molar-refractivity contribution in [1.82, 2.24) is 26.2 Å². The Morgan fingerprint density at radius 2 is 1.74 bits per heavy atom. The van der Waals surface area contributed by atoms with Crippen molar-refractivity contribution in [3.8, 4) is 0 Å². The minimum absolute atomic E-state index is 0.126. The Morgan fingerprint density at radius 3 is 2.43 bits per heavy atom. The van der Waals surface area contributed by atoms with E-state index in [9.17, 15) is 33.9 Å². The normalized spacial score (nSPS) is 22.8. The Hall–Kier alpha value is -4.26. The second kappa shape index (κ2) is 18.0. The standard InChI is InChI=1S/C33H47N5O8/c1-21(2)20-46-33(45)36-25-16-11-6-4-5-10-15-24(35-30(42)26-17-12-18-38(26)32(25)44)29(41)31(43)34-19-27(40)37-28(22(3)39)23-13-8-7-9-14-23/h4,6-9,13-14,21,24-26,28-29,41H,5,10-12,15-20H2,1-3H3,(H,34,43)(H,35,42)(H,36,45)(H,37,40)/b6-4-/t24-,25-,26-,28+,29?/m0/s1. The third-order valence-electron chi connectivity index (χ3n) is 7.90. The van der Waals surface area contributed by atoms with Crippen LogP contribution in [0.1, 0.15) is 77.3 Å². The van der Waals surface area contributed by atoms with Gasteiger partial charge in [-0.2, -0.15) is 0 Å². The first-order valence-corrected chi connectivity index (χ1v) is 16.0. The van der Waals surface area contributed by atoms with Crippen molar-refractivity contribution in [2.45, 2.75) is 96.0 Å². The van der Waals surface area contributed by atoms with Crippen LogP contribution in [-0.2, 0) is 28.7 Å². The molecule has 5 N–H and O–H groups in total. The number of aliphatic hydroxyl groups excluding tert-OH is 1. The van der Waals surface area contributed by atoms with Gasteiger partial charge in [0.25, 0.3) is 5.91 Å². The molecule has 1 saturated heterocycles. The van der Waals surface area contributed by atoms with Crippen LogP contribution in [0.25, 0.3) is 0 Å². The summed E-state index contributed by atoms with van der Waals surface area (Å²) < 4.78 is 5.22. The minimum Gasteiger partial charge on any atom is -0.449 e. The Labute approximate surface area is 269 Å². The molecule has 5 amide bonds. The third-order valence-corrected chi connectivity index (χ3v) is 7.90. The maximum absolute atomic E-state index is 13.6. The number of alkyl carbamates (subject to hydrolysis) is 1. The van der Waals surface area contributed by atoms with E-state index in [1.807, 2.05) is 26.0 Å². The molecule has 252 valence electrons. The van der Waals surface area contributed by atoms with Gasteiger partial charge >= 0.3 is 6.09 Å². The van der Waals surface area contributed by atoms with Crippen molar-refractivity contribution in [2.75, 3.05) is 19.7 Å². The fourth-order valence-electron chi connectivity index (χ4n) is 5.46. The second-order valence-corrected chi connectivity index (χ2v) is 12.2. The van der Waals surface area contributed by atoms with Gasteiger partial charge in [-0.1, -0.05) is 56.3 Å². The number of rotatable bonds is 10. The lowest BCUT2D eigenvalue weighted by molar-refractivity contribution is -0.141. The molecule has 1 aromatic rings. The van der Waals surface area contributed by atoms with E-state index in [0.717, 1.165) is 0 Å². The number of allylic oxidation sites excluding steroid dienone is 2. The van der Waals surface area contributed by atoms with Gasteiger partial charge in [0.2, 0.25) is 17.7 Å². The van der Waals surface area contributed by atoms with Gasteiger partial charge in [0, 0.05) is 6.54 Å². The lowest BCUT2D eigenvalue weighted by Gasteiger charge is -2.31. The molecule has 1 unspecified atom stereocenters. The van der Waals surface area contributed by atoms with Crippen molar-refractivity contribution >= 4 is 35.5 Å². The summed E-state index contributed by atoms with van der Waals surface area (Å²) in [6.07, 6.45) is 4.65. The van der Waals surface area contributed by atoms with E-state index in [4.69, 9.17) is 4.74 Å². The van der Waals surface area contributed by atoms with E-state index >= 15 is 0 Å². The number of hydrogen-bond donors (Lipinski definition) is 5. The van der Waals surface area contributed by atoms with Gasteiger partial charge in [0.15, 0.2) is 11.9 Å². The SMILES string of the molecule is CC(=O)[C@@H](NC(=O)CNC(=O)C(O)[C@@H]1CCC/C=C\CC[C@H](NC(=O)OCC(C)C)C(=O)N2CCC[C@H]2C(=O)N1)c1ccccc1. The van der Waals surface area contributed by atoms with Crippen molar-refractivity contribution in [3.63, 3.8) is 0 Å². The van der Waals surface area contributed by atoms with E-state index in [2.05, 4.69) is 21.3 Å². The molecular formula is C33H47N5O8. The number of ether oxygens (including phenoxy) is 1. The number of Topliss-reactive ketones (excluding diaryl/α,β-unsaturated/α-hetero) is 1. The second-order valence-electron chi connectivity index (χ2n) is 12.2. The molecule has 2 heterocycles. The highest BCUT2D eigenvalue weighted by molar-refractivity contribution is 5.93. The first kappa shape index (κ1) is 36.2. The van der Waals surface area contributed by atoms with Crippen LogP contribution in [0.4, 0.5) is 4.79 Å². The summed E-state index contributed by atoms with van der Waals surface area (Å²) >= 11 is 0. The van der Waals surface area contributed by atoms with Crippen LogP contribution in [0, 0.1) is 5.92 Å². The predicted molar refractivity (Wildman–Crippen MR) is 169 cm³/mol. The summed E-state index contributed by atoms with van der Waals surface area (Å²) in [5, 5.41) is 21.4. The van der Waals surface area contributed by atoms with Crippen LogP contribution in [0.2, 0.25) is 0 Å². The molecule has 0 saturated carbocycles. The number of hydrogen-bond acceptors (Lipinski definition) is 8. The average molecular weight is 642 g/mol. The van der Waals surface area contributed by atoms with E-state index in [1.54, 1.807) is 30.3 Å². The summed E-state index contributed by atoms with van der Waals surface area (Å²) in [5.74, 6) is -2.55. The number of fused-ring (bicyclic) bond motifs is 1. The van der Waals surface area contributed by atoms with Crippen molar-refractivity contribution in [2.24, 2.45) is 5.92 Å². The first-order chi connectivity index (χ1) is 22.0. The molecule has 1 fully saturated rings. The van der Waals surface area contributed by atoms with Gasteiger partial charge in [0.05, 0.1) is 19.2 Å². The van der Waals surface area contributed by atoms with Gasteiger partial charge in [-0.05, 0) is 63.4 Å². The fourth-order valence-corrected chi connectivity index (χ4v) is 5.46. The molecule has 0 spiro atoms. The summed E-state index contributed by atoms with van der Waals surface area (Å²) in [4.78, 5) is 78.6. The Bertz CT molecular complexity index is 1250. The van der Waals surface area contributed by atoms with Gasteiger partial charge in [-0.15, -0.1) is 0 Å². The van der Waals surface area contributed by atoms with Crippen LogP contribution in [-0.4, -0.2) is 89.4 Å². The first-order valence-electron chi connectivity index (χ1n) is 16.0. The molecule has 46 heavy (non-hydrogen) atoms. The van der Waals surface area contributed by atoms with Crippen LogP contribution in [0.15, 0.2) is 42.5 Å². The van der Waals surface area contributed by atoms with E-state index in [0.29, 0.717) is 50.6 Å². The lowest BCUT2D eigenvalue weighted by Crippen LogP contribution is -2.57. The molecule has 1 aromatic carbocycles. The smallest absolute Gasteiger partial charge is 0.407 e. The molecule has 0 bridgehead atoms. The Kier molecular flexibility index (Phi) is 14.2. The summed E-state index contributed by atoms with van der Waals surface area (Å²) in [7, 11) is 0. The Balaban J connectivity index is 1.66. The lowest BCUT2D eigenvalue weighted by atomic mass is 10.0. The topological polar surface area (TPSA) is 183 Å². The molecule has 0 aromatic heterocycles. The number of carbonyl (C=O) groups excluding carboxylic acids is 6. The highest BCUT2D eigenvalue weighted by Crippen LogP contribution is 2.21. The van der Waals surface area contributed by atoms with E-state index < -0.39 is 66.5 Å². The van der Waals surface area contributed by atoms with Gasteiger partial charge < -0.3 is 36.0 Å². The fraction of sp³-hybridized carbons (Fsp3) is 0.576. The summed E-state index contributed by atoms with van der Waals surface area (Å²) in [6, 6.07) is 5.08. The maximum atomic E-state index is 13.6. The Morgan fingerprint density at radius 1 is 1.02 bits per heavy atom. The molecule has 13 nitrogen and oxygen atoms in total. The molecule has 2 aliphatic heterocycles. The average Bonchev–Trinajstić information content (AvgIpc) is 3.53. The van der Waals surface area contributed by atoms with Crippen LogP contribution >= 0.6 is 0 Å². The molecule has 5 atom stereocenters. The highest BCUT2D eigenvalue weighted by Gasteiger charge is 2.39. The maximum Gasteiger partial charge on any atom is 0.407 e. The minimum atomic E-state index is -1.68. The quantitative estimate of drug-likeness (QED) is 0.239. The predicted octanol–water partition coefficient (Wildman–Crippen LogP) is 1.66. The van der Waals surface area contributed by atoms with E-state index in [-0.39, 0.29) is 24.7 Å². The van der Waals surface area contributed by atoms with Crippen molar-refractivity contribution in [3.05, 3.63) is 48.0 Å².